The molecule has 0 radical (unpaired) electrons. The molecule has 0 aromatic carbocycles. The maximum Gasteiger partial charge on any atom is 0.223 e. The van der Waals surface area contributed by atoms with Gasteiger partial charge in [-0.15, -0.1) is 0 Å². The van der Waals surface area contributed by atoms with Gasteiger partial charge in [-0.25, -0.2) is 0 Å². The second-order valence-corrected chi connectivity index (χ2v) is 7.49. The Hall–Kier alpha value is 0.300. The van der Waals surface area contributed by atoms with Crippen molar-refractivity contribution in [2.45, 2.75) is 51.0 Å². The van der Waals surface area contributed by atoms with Gasteiger partial charge in [0.05, 0.1) is 0 Å². The van der Waals surface area contributed by atoms with Crippen LogP contribution in [0.25, 0.3) is 0 Å². The zero-order valence-electron chi connectivity index (χ0n) is 11.1. The van der Waals surface area contributed by atoms with Gasteiger partial charge >= 0.3 is 0 Å². The van der Waals surface area contributed by atoms with Crippen molar-refractivity contribution < 1.29 is 4.79 Å². The monoisotopic (exact) mass is 333 g/mol. The van der Waals surface area contributed by atoms with Crippen LogP contribution >= 0.6 is 27.7 Å². The SMILES string of the molecule is O=C(CC1CCSCC1)N(CCBr)C1CCCC1. The quantitative estimate of drug-likeness (QED) is 0.715. The second-order valence-electron chi connectivity index (χ2n) is 5.47. The van der Waals surface area contributed by atoms with Crippen molar-refractivity contribution in [2.24, 2.45) is 5.92 Å². The first-order valence-electron chi connectivity index (χ1n) is 7.24. The first-order chi connectivity index (χ1) is 8.81. The summed E-state index contributed by atoms with van der Waals surface area (Å²) in [7, 11) is 0. The normalized spacial score (nSPS) is 22.3. The van der Waals surface area contributed by atoms with Gasteiger partial charge in [0.15, 0.2) is 0 Å². The van der Waals surface area contributed by atoms with Crippen LogP contribution in [0.5, 0.6) is 0 Å². The lowest BCUT2D eigenvalue weighted by Gasteiger charge is -2.31. The summed E-state index contributed by atoms with van der Waals surface area (Å²) in [5.41, 5.74) is 0. The lowest BCUT2D eigenvalue weighted by atomic mass is 9.97. The number of thioether (sulfide) groups is 1. The smallest absolute Gasteiger partial charge is 0.223 e. The highest BCUT2D eigenvalue weighted by Crippen LogP contribution is 2.28. The van der Waals surface area contributed by atoms with Crippen molar-refractivity contribution in [1.29, 1.82) is 0 Å². The van der Waals surface area contributed by atoms with Crippen LogP contribution in [0.4, 0.5) is 0 Å². The van der Waals surface area contributed by atoms with E-state index in [2.05, 4.69) is 20.8 Å². The van der Waals surface area contributed by atoms with E-state index in [1.54, 1.807) is 0 Å². The third kappa shape index (κ3) is 4.16. The maximum atomic E-state index is 12.5. The number of carbonyl (C=O) groups excluding carboxylic acids is 1. The molecule has 2 aliphatic rings. The van der Waals surface area contributed by atoms with Crippen LogP contribution in [-0.2, 0) is 4.79 Å². The Kier molecular flexibility index (Phi) is 6.36. The summed E-state index contributed by atoms with van der Waals surface area (Å²) in [6, 6.07) is 0.535. The molecule has 1 amide bonds. The molecule has 0 aromatic rings. The molecule has 0 spiro atoms. The fourth-order valence-electron chi connectivity index (χ4n) is 3.13. The van der Waals surface area contributed by atoms with Crippen molar-refractivity contribution in [2.75, 3.05) is 23.4 Å². The number of nitrogens with zero attached hydrogens (tertiary/aromatic N) is 1. The number of halogens is 1. The molecule has 2 fully saturated rings. The van der Waals surface area contributed by atoms with E-state index < -0.39 is 0 Å². The van der Waals surface area contributed by atoms with E-state index in [1.807, 2.05) is 11.8 Å². The van der Waals surface area contributed by atoms with E-state index in [-0.39, 0.29) is 0 Å². The van der Waals surface area contributed by atoms with Crippen LogP contribution in [0.15, 0.2) is 0 Å². The van der Waals surface area contributed by atoms with E-state index in [0.29, 0.717) is 17.9 Å². The van der Waals surface area contributed by atoms with Crippen LogP contribution in [0.3, 0.4) is 0 Å². The molecule has 18 heavy (non-hydrogen) atoms. The summed E-state index contributed by atoms with van der Waals surface area (Å²) in [4.78, 5) is 14.7. The van der Waals surface area contributed by atoms with Gasteiger partial charge in [-0.1, -0.05) is 28.8 Å². The molecule has 1 aliphatic carbocycles. The van der Waals surface area contributed by atoms with Crippen LogP contribution < -0.4 is 0 Å². The van der Waals surface area contributed by atoms with Crippen molar-refractivity contribution >= 4 is 33.6 Å². The number of amides is 1. The Morgan fingerprint density at radius 3 is 2.44 bits per heavy atom. The van der Waals surface area contributed by atoms with E-state index in [1.165, 1.54) is 50.0 Å². The molecule has 1 aliphatic heterocycles. The Morgan fingerprint density at radius 1 is 1.17 bits per heavy atom. The summed E-state index contributed by atoms with van der Waals surface area (Å²) < 4.78 is 0. The van der Waals surface area contributed by atoms with Crippen molar-refractivity contribution in [3.8, 4) is 0 Å². The fraction of sp³-hybridized carbons (Fsp3) is 0.929. The van der Waals surface area contributed by atoms with E-state index in [0.717, 1.165) is 18.3 Å². The Bertz CT molecular complexity index is 263. The fourth-order valence-corrected chi connectivity index (χ4v) is 4.72. The third-order valence-corrected chi connectivity index (χ3v) is 5.62. The highest BCUT2D eigenvalue weighted by molar-refractivity contribution is 9.09. The summed E-state index contributed by atoms with van der Waals surface area (Å²) >= 11 is 5.53. The van der Waals surface area contributed by atoms with Gasteiger partial charge in [0, 0.05) is 24.3 Å². The summed E-state index contributed by atoms with van der Waals surface area (Å²) in [5.74, 6) is 3.57. The molecule has 0 N–H and O–H groups in total. The minimum Gasteiger partial charge on any atom is -0.339 e. The number of alkyl halides is 1. The average molecular weight is 334 g/mol. The van der Waals surface area contributed by atoms with Gasteiger partial charge < -0.3 is 4.90 Å². The Morgan fingerprint density at radius 2 is 1.83 bits per heavy atom. The molecule has 1 saturated carbocycles. The molecule has 0 unspecified atom stereocenters. The van der Waals surface area contributed by atoms with Crippen molar-refractivity contribution in [3.63, 3.8) is 0 Å². The van der Waals surface area contributed by atoms with Gasteiger partial charge in [0.2, 0.25) is 5.91 Å². The maximum absolute atomic E-state index is 12.5. The van der Waals surface area contributed by atoms with E-state index in [4.69, 9.17) is 0 Å². The largest absolute Gasteiger partial charge is 0.339 e. The second kappa shape index (κ2) is 7.78. The van der Waals surface area contributed by atoms with Crippen LogP contribution in [0, 0.1) is 5.92 Å². The predicted octanol–water partition coefficient (Wildman–Crippen LogP) is 3.69. The number of rotatable bonds is 5. The summed E-state index contributed by atoms with van der Waals surface area (Å²) in [5, 5.41) is 0.912. The topological polar surface area (TPSA) is 20.3 Å². The number of hydrogen-bond donors (Lipinski definition) is 0. The van der Waals surface area contributed by atoms with Gasteiger partial charge in [-0.05, 0) is 43.1 Å². The zero-order chi connectivity index (χ0) is 12.8. The van der Waals surface area contributed by atoms with Crippen molar-refractivity contribution in [1.82, 2.24) is 4.90 Å². The molecule has 2 rings (SSSR count). The summed E-state index contributed by atoms with van der Waals surface area (Å²) in [6.45, 7) is 0.894. The van der Waals surface area contributed by atoms with Crippen LogP contribution in [0.1, 0.15) is 44.9 Å². The minimum absolute atomic E-state index is 0.415. The average Bonchev–Trinajstić information content (AvgIpc) is 2.90. The van der Waals surface area contributed by atoms with E-state index >= 15 is 0 Å². The molecule has 1 saturated heterocycles. The molecule has 104 valence electrons. The van der Waals surface area contributed by atoms with Gasteiger partial charge in [0.1, 0.15) is 0 Å². The predicted molar refractivity (Wildman–Crippen MR) is 82.4 cm³/mol. The number of hydrogen-bond acceptors (Lipinski definition) is 2. The number of carbonyl (C=O) groups is 1. The lowest BCUT2D eigenvalue weighted by molar-refractivity contribution is -0.134. The molecule has 0 bridgehead atoms. The van der Waals surface area contributed by atoms with Crippen molar-refractivity contribution in [3.05, 3.63) is 0 Å². The minimum atomic E-state index is 0.415. The first kappa shape index (κ1) is 14.7. The molecule has 0 aromatic heterocycles. The third-order valence-electron chi connectivity index (χ3n) is 4.22. The molecule has 2 nitrogen and oxygen atoms in total. The molecule has 0 atom stereocenters. The highest BCUT2D eigenvalue weighted by atomic mass is 79.9. The molecule has 1 heterocycles. The van der Waals surface area contributed by atoms with Gasteiger partial charge in [0.25, 0.3) is 0 Å². The first-order valence-corrected chi connectivity index (χ1v) is 9.52. The Balaban J connectivity index is 1.85. The highest BCUT2D eigenvalue weighted by Gasteiger charge is 2.28. The van der Waals surface area contributed by atoms with Crippen LogP contribution in [-0.4, -0.2) is 40.2 Å². The van der Waals surface area contributed by atoms with Gasteiger partial charge in [-0.2, -0.15) is 11.8 Å². The Labute approximate surface area is 123 Å². The standard InChI is InChI=1S/C14H24BrNOS/c15-7-8-16(13-3-1-2-4-13)14(17)11-12-5-9-18-10-6-12/h12-13H,1-11H2. The lowest BCUT2D eigenvalue weighted by Crippen LogP contribution is -2.41. The van der Waals surface area contributed by atoms with Crippen LogP contribution in [0.2, 0.25) is 0 Å². The molecule has 4 heteroatoms. The van der Waals surface area contributed by atoms with E-state index in [9.17, 15) is 4.79 Å². The molecular weight excluding hydrogens is 310 g/mol. The summed E-state index contributed by atoms with van der Waals surface area (Å²) in [6.07, 6.45) is 8.32. The van der Waals surface area contributed by atoms with Gasteiger partial charge in [-0.3, -0.25) is 4.79 Å². The zero-order valence-corrected chi connectivity index (χ0v) is 13.5. The molecular formula is C14H24BrNOS.